The van der Waals surface area contributed by atoms with Crippen LogP contribution in [0, 0.1) is 0 Å². The molecule has 1 aromatic rings. The van der Waals surface area contributed by atoms with Crippen molar-refractivity contribution >= 4 is 11.9 Å². The predicted molar refractivity (Wildman–Crippen MR) is 72.9 cm³/mol. The first-order valence-electron chi connectivity index (χ1n) is 6.65. The fourth-order valence-electron chi connectivity index (χ4n) is 2.54. The quantitative estimate of drug-likeness (QED) is 0.655. The van der Waals surface area contributed by atoms with Gasteiger partial charge in [0.05, 0.1) is 23.4 Å². The number of amides is 1. The van der Waals surface area contributed by atoms with E-state index in [1.807, 2.05) is 20.8 Å². The van der Waals surface area contributed by atoms with E-state index in [-0.39, 0.29) is 11.5 Å². The first-order valence-corrected chi connectivity index (χ1v) is 6.65. The molecule has 0 saturated heterocycles. The molecular formula is C13H21N3O4. The molecule has 112 valence electrons. The van der Waals surface area contributed by atoms with E-state index in [1.54, 1.807) is 10.7 Å². The number of aromatic nitrogens is 2. The topological polar surface area (TPSA) is 108 Å². The van der Waals surface area contributed by atoms with Gasteiger partial charge in [0.25, 0.3) is 0 Å². The summed E-state index contributed by atoms with van der Waals surface area (Å²) in [5.41, 5.74) is 0.325. The summed E-state index contributed by atoms with van der Waals surface area (Å²) in [5.74, 6) is 0.342. The standard InChI is InChI=1S/C13H21N3O4/c1-13(2,3)16-11(14-12(19)20)6-8(15-16)7-4-9(17)10(18)5-7/h6-7,9-10,14,17-18H,4-5H2,1-3H3,(H,19,20)/t7?,9-,10+. The normalized spacial score (nSPS) is 26.8. The van der Waals surface area contributed by atoms with Crippen LogP contribution in [0.15, 0.2) is 6.07 Å². The SMILES string of the molecule is CC(C)(C)n1nc(C2C[C@@H](O)[C@@H](O)C2)cc1NC(=O)O. The Bertz CT molecular complexity index is 496. The van der Waals surface area contributed by atoms with Gasteiger partial charge in [-0.1, -0.05) is 0 Å². The second kappa shape index (κ2) is 5.06. The molecule has 4 N–H and O–H groups in total. The Morgan fingerprint density at radius 2 is 1.90 bits per heavy atom. The molecule has 1 aliphatic carbocycles. The summed E-state index contributed by atoms with van der Waals surface area (Å²) in [6, 6.07) is 1.68. The highest BCUT2D eigenvalue weighted by atomic mass is 16.4. The van der Waals surface area contributed by atoms with Crippen molar-refractivity contribution in [2.45, 2.75) is 57.3 Å². The highest BCUT2D eigenvalue weighted by Gasteiger charge is 2.35. The van der Waals surface area contributed by atoms with E-state index in [2.05, 4.69) is 10.4 Å². The molecule has 2 rings (SSSR count). The zero-order valence-corrected chi connectivity index (χ0v) is 11.9. The van der Waals surface area contributed by atoms with Crippen molar-refractivity contribution < 1.29 is 20.1 Å². The van der Waals surface area contributed by atoms with E-state index in [9.17, 15) is 15.0 Å². The number of hydrogen-bond acceptors (Lipinski definition) is 4. The number of hydrogen-bond donors (Lipinski definition) is 4. The predicted octanol–water partition coefficient (Wildman–Crippen LogP) is 1.33. The number of anilines is 1. The van der Waals surface area contributed by atoms with Gasteiger partial charge in [0.15, 0.2) is 0 Å². The molecule has 1 saturated carbocycles. The second-order valence-electron chi connectivity index (χ2n) is 6.27. The minimum atomic E-state index is -1.14. The summed E-state index contributed by atoms with van der Waals surface area (Å²) in [5, 5.41) is 34.9. The zero-order chi connectivity index (χ0) is 15.1. The van der Waals surface area contributed by atoms with Gasteiger partial charge < -0.3 is 15.3 Å². The van der Waals surface area contributed by atoms with Crippen LogP contribution in [0.5, 0.6) is 0 Å². The molecule has 0 bridgehead atoms. The Labute approximate surface area is 117 Å². The van der Waals surface area contributed by atoms with E-state index in [1.165, 1.54) is 0 Å². The lowest BCUT2D eigenvalue weighted by Crippen LogP contribution is -2.26. The van der Waals surface area contributed by atoms with Crippen LogP contribution in [-0.4, -0.2) is 43.4 Å². The van der Waals surface area contributed by atoms with Crippen molar-refractivity contribution in [1.29, 1.82) is 0 Å². The first kappa shape index (κ1) is 14.8. The minimum absolute atomic E-state index is 0.0575. The first-order chi connectivity index (χ1) is 9.18. The van der Waals surface area contributed by atoms with Gasteiger partial charge in [-0.15, -0.1) is 0 Å². The summed E-state index contributed by atoms with van der Waals surface area (Å²) in [6.45, 7) is 5.78. The third kappa shape index (κ3) is 2.94. The molecule has 0 aliphatic heterocycles. The van der Waals surface area contributed by atoms with Gasteiger partial charge in [0, 0.05) is 12.0 Å². The molecule has 1 amide bonds. The summed E-state index contributed by atoms with van der Waals surface area (Å²) >= 11 is 0. The summed E-state index contributed by atoms with van der Waals surface area (Å²) < 4.78 is 1.62. The van der Waals surface area contributed by atoms with E-state index >= 15 is 0 Å². The highest BCUT2D eigenvalue weighted by Crippen LogP contribution is 2.36. The number of nitrogens with one attached hydrogen (secondary N) is 1. The Hall–Kier alpha value is -1.60. The zero-order valence-electron chi connectivity index (χ0n) is 11.9. The number of nitrogens with zero attached hydrogens (tertiary/aromatic N) is 2. The molecule has 7 heteroatoms. The Kier molecular flexibility index (Phi) is 3.75. The molecule has 1 fully saturated rings. The van der Waals surface area contributed by atoms with Crippen LogP contribution < -0.4 is 5.32 Å². The van der Waals surface area contributed by atoms with Gasteiger partial charge in [0.1, 0.15) is 5.82 Å². The van der Waals surface area contributed by atoms with E-state index in [0.717, 1.165) is 0 Å². The molecular weight excluding hydrogens is 262 g/mol. The summed E-state index contributed by atoms with van der Waals surface area (Å²) in [4.78, 5) is 10.9. The van der Waals surface area contributed by atoms with Crippen molar-refractivity contribution in [1.82, 2.24) is 9.78 Å². The molecule has 7 nitrogen and oxygen atoms in total. The maximum atomic E-state index is 10.9. The Morgan fingerprint density at radius 1 is 1.35 bits per heavy atom. The second-order valence-corrected chi connectivity index (χ2v) is 6.27. The number of carbonyl (C=O) groups is 1. The van der Waals surface area contributed by atoms with Crippen LogP contribution in [0.3, 0.4) is 0 Å². The lowest BCUT2D eigenvalue weighted by atomic mass is 10.0. The average molecular weight is 283 g/mol. The molecule has 0 aromatic carbocycles. The van der Waals surface area contributed by atoms with Crippen LogP contribution in [0.2, 0.25) is 0 Å². The van der Waals surface area contributed by atoms with E-state index < -0.39 is 18.3 Å². The lowest BCUT2D eigenvalue weighted by Gasteiger charge is -2.22. The lowest BCUT2D eigenvalue weighted by molar-refractivity contribution is 0.0438. The molecule has 1 aromatic heterocycles. The molecule has 1 aliphatic rings. The van der Waals surface area contributed by atoms with Gasteiger partial charge in [-0.2, -0.15) is 5.10 Å². The van der Waals surface area contributed by atoms with Crippen LogP contribution in [0.25, 0.3) is 0 Å². The number of aliphatic hydroxyl groups is 2. The fourth-order valence-corrected chi connectivity index (χ4v) is 2.54. The molecule has 0 spiro atoms. The number of aliphatic hydroxyl groups excluding tert-OH is 2. The monoisotopic (exact) mass is 283 g/mol. The van der Waals surface area contributed by atoms with Gasteiger partial charge in [-0.3, -0.25) is 5.32 Å². The van der Waals surface area contributed by atoms with Crippen molar-refractivity contribution in [2.24, 2.45) is 0 Å². The van der Waals surface area contributed by atoms with Crippen LogP contribution in [0.1, 0.15) is 45.2 Å². The summed E-state index contributed by atoms with van der Waals surface area (Å²) in [7, 11) is 0. The molecule has 1 unspecified atom stereocenters. The smallest absolute Gasteiger partial charge is 0.410 e. The van der Waals surface area contributed by atoms with Crippen molar-refractivity contribution in [3.63, 3.8) is 0 Å². The van der Waals surface area contributed by atoms with Gasteiger partial charge in [-0.05, 0) is 33.6 Å². The van der Waals surface area contributed by atoms with Crippen molar-refractivity contribution in [3.8, 4) is 0 Å². The van der Waals surface area contributed by atoms with Crippen LogP contribution in [-0.2, 0) is 5.54 Å². The van der Waals surface area contributed by atoms with Crippen LogP contribution in [0.4, 0.5) is 10.6 Å². The molecule has 1 heterocycles. The van der Waals surface area contributed by atoms with Crippen molar-refractivity contribution in [2.75, 3.05) is 5.32 Å². The third-order valence-electron chi connectivity index (χ3n) is 3.51. The minimum Gasteiger partial charge on any atom is -0.465 e. The largest absolute Gasteiger partial charge is 0.465 e. The van der Waals surface area contributed by atoms with Crippen LogP contribution >= 0.6 is 0 Å². The Morgan fingerprint density at radius 3 is 2.35 bits per heavy atom. The van der Waals surface area contributed by atoms with Gasteiger partial charge >= 0.3 is 6.09 Å². The van der Waals surface area contributed by atoms with Gasteiger partial charge in [-0.25, -0.2) is 9.48 Å². The summed E-state index contributed by atoms with van der Waals surface area (Å²) in [6.07, 6.45) is -1.75. The highest BCUT2D eigenvalue weighted by molar-refractivity contribution is 5.81. The van der Waals surface area contributed by atoms with E-state index in [4.69, 9.17) is 5.11 Å². The maximum absolute atomic E-state index is 10.9. The Balaban J connectivity index is 2.32. The number of carboxylic acid groups (broad SMARTS) is 1. The maximum Gasteiger partial charge on any atom is 0.410 e. The fraction of sp³-hybridized carbons (Fsp3) is 0.692. The third-order valence-corrected chi connectivity index (χ3v) is 3.51. The molecule has 20 heavy (non-hydrogen) atoms. The van der Waals surface area contributed by atoms with Crippen molar-refractivity contribution in [3.05, 3.63) is 11.8 Å². The van der Waals surface area contributed by atoms with E-state index in [0.29, 0.717) is 24.4 Å². The van der Waals surface area contributed by atoms with Gasteiger partial charge in [0.2, 0.25) is 0 Å². The molecule has 3 atom stereocenters. The average Bonchev–Trinajstić information content (AvgIpc) is 2.82. The number of rotatable bonds is 2. The molecule has 0 radical (unpaired) electrons.